The minimum Gasteiger partial charge on any atom is -0.329 e. The summed E-state index contributed by atoms with van der Waals surface area (Å²) in [5.41, 5.74) is 7.36. The highest BCUT2D eigenvalue weighted by molar-refractivity contribution is 7.89. The normalized spacial score (nSPS) is 12.0. The van der Waals surface area contributed by atoms with E-state index in [-0.39, 0.29) is 11.4 Å². The van der Waals surface area contributed by atoms with Crippen molar-refractivity contribution in [3.05, 3.63) is 29.3 Å². The molecule has 0 spiro atoms. The number of hydrogen-bond donors (Lipinski definition) is 2. The summed E-state index contributed by atoms with van der Waals surface area (Å²) >= 11 is 0. The second-order valence-electron chi connectivity index (χ2n) is 4.86. The van der Waals surface area contributed by atoms with Crippen LogP contribution in [0.25, 0.3) is 0 Å². The molecule has 21 heavy (non-hydrogen) atoms. The summed E-state index contributed by atoms with van der Waals surface area (Å²) in [6, 6.07) is 0. The molecule has 0 aromatic carbocycles. The average Bonchev–Trinajstić information content (AvgIpc) is 2.93. The lowest BCUT2D eigenvalue weighted by molar-refractivity contribution is 0.577. The largest absolute Gasteiger partial charge is 0.329 e. The molecule has 8 nitrogen and oxygen atoms in total. The van der Waals surface area contributed by atoms with E-state index < -0.39 is 10.0 Å². The van der Waals surface area contributed by atoms with Gasteiger partial charge in [0.05, 0.1) is 24.1 Å². The van der Waals surface area contributed by atoms with E-state index in [1.54, 1.807) is 42.7 Å². The van der Waals surface area contributed by atoms with Gasteiger partial charge < -0.3 is 5.73 Å². The Morgan fingerprint density at radius 3 is 2.67 bits per heavy atom. The zero-order chi connectivity index (χ0) is 15.6. The third-order valence-electron chi connectivity index (χ3n) is 3.15. The summed E-state index contributed by atoms with van der Waals surface area (Å²) in [4.78, 5) is 0.222. The Balaban J connectivity index is 2.23. The molecule has 9 heteroatoms. The zero-order valence-electron chi connectivity index (χ0n) is 12.4. The lowest BCUT2D eigenvalue weighted by atomic mass is 10.4. The number of rotatable bonds is 6. The Labute approximate surface area is 124 Å². The highest BCUT2D eigenvalue weighted by Crippen LogP contribution is 2.19. The molecule has 2 rings (SSSR count). The molecule has 2 aromatic heterocycles. The van der Waals surface area contributed by atoms with Gasteiger partial charge in [-0.25, -0.2) is 13.1 Å². The molecule has 0 aliphatic carbocycles. The molecule has 116 valence electrons. The first-order chi connectivity index (χ1) is 9.85. The van der Waals surface area contributed by atoms with Gasteiger partial charge in [-0.05, 0) is 13.8 Å². The summed E-state index contributed by atoms with van der Waals surface area (Å²) in [5, 5.41) is 8.23. The molecule has 2 heterocycles. The molecule has 0 fully saturated rings. The maximum Gasteiger partial charge on any atom is 0.244 e. The summed E-state index contributed by atoms with van der Waals surface area (Å²) in [6.45, 7) is 4.50. The van der Waals surface area contributed by atoms with Gasteiger partial charge in [0.2, 0.25) is 10.0 Å². The van der Waals surface area contributed by atoms with E-state index in [0.717, 1.165) is 5.56 Å². The van der Waals surface area contributed by atoms with E-state index >= 15 is 0 Å². The number of nitrogens with zero attached hydrogens (tertiary/aromatic N) is 4. The van der Waals surface area contributed by atoms with Gasteiger partial charge in [-0.2, -0.15) is 10.2 Å². The van der Waals surface area contributed by atoms with Crippen LogP contribution in [-0.4, -0.2) is 34.5 Å². The summed E-state index contributed by atoms with van der Waals surface area (Å²) in [7, 11) is -1.84. The number of sulfonamides is 1. The summed E-state index contributed by atoms with van der Waals surface area (Å²) in [6.07, 6.45) is 3.39. The maximum absolute atomic E-state index is 12.4. The van der Waals surface area contributed by atoms with Gasteiger partial charge in [0.1, 0.15) is 4.90 Å². The van der Waals surface area contributed by atoms with Crippen LogP contribution in [0, 0.1) is 13.8 Å². The van der Waals surface area contributed by atoms with Gasteiger partial charge in [-0.1, -0.05) is 0 Å². The van der Waals surface area contributed by atoms with Crippen molar-refractivity contribution < 1.29 is 8.42 Å². The van der Waals surface area contributed by atoms with E-state index in [0.29, 0.717) is 24.5 Å². The molecule has 2 aromatic rings. The molecule has 0 atom stereocenters. The highest BCUT2D eigenvalue weighted by Gasteiger charge is 2.24. The van der Waals surface area contributed by atoms with Gasteiger partial charge in [0.15, 0.2) is 0 Å². The minimum atomic E-state index is -3.62. The monoisotopic (exact) mass is 312 g/mol. The number of hydrogen-bond acceptors (Lipinski definition) is 5. The molecule has 0 saturated carbocycles. The van der Waals surface area contributed by atoms with E-state index in [1.807, 2.05) is 0 Å². The van der Waals surface area contributed by atoms with Crippen molar-refractivity contribution in [2.24, 2.45) is 12.8 Å². The van der Waals surface area contributed by atoms with Crippen molar-refractivity contribution >= 4 is 10.0 Å². The molecule has 3 N–H and O–H groups in total. The quantitative estimate of drug-likeness (QED) is 0.759. The van der Waals surface area contributed by atoms with Crippen molar-refractivity contribution in [3.63, 3.8) is 0 Å². The van der Waals surface area contributed by atoms with Crippen LogP contribution in [0.5, 0.6) is 0 Å². The molecule has 0 aliphatic heterocycles. The van der Waals surface area contributed by atoms with Crippen LogP contribution in [0.1, 0.15) is 17.0 Å². The van der Waals surface area contributed by atoms with E-state index in [9.17, 15) is 8.42 Å². The predicted octanol–water partition coefficient (Wildman–Crippen LogP) is -0.329. The molecular formula is C12H20N6O2S. The maximum atomic E-state index is 12.4. The first-order valence-corrected chi connectivity index (χ1v) is 8.04. The standard InChI is InChI=1S/C12H20N6O2S/c1-9-12(10(2)18(16-9)5-4-13)21(19,20)15-7-11-6-14-17(3)8-11/h6,8,15H,4-5,7,13H2,1-3H3. The van der Waals surface area contributed by atoms with Crippen LogP contribution in [-0.2, 0) is 30.2 Å². The lowest BCUT2D eigenvalue weighted by Crippen LogP contribution is -2.24. The Hall–Kier alpha value is -1.71. The van der Waals surface area contributed by atoms with E-state index in [2.05, 4.69) is 14.9 Å². The van der Waals surface area contributed by atoms with E-state index in [4.69, 9.17) is 5.73 Å². The van der Waals surface area contributed by atoms with Gasteiger partial charge in [-0.3, -0.25) is 9.36 Å². The molecule has 0 aliphatic rings. The van der Waals surface area contributed by atoms with Crippen LogP contribution < -0.4 is 10.5 Å². The van der Waals surface area contributed by atoms with Gasteiger partial charge in [0.25, 0.3) is 0 Å². The molecular weight excluding hydrogens is 292 g/mol. The molecule has 0 amide bonds. The third kappa shape index (κ3) is 3.31. The fraction of sp³-hybridized carbons (Fsp3) is 0.500. The van der Waals surface area contributed by atoms with Crippen LogP contribution in [0.4, 0.5) is 0 Å². The SMILES string of the molecule is Cc1nn(CCN)c(C)c1S(=O)(=O)NCc1cnn(C)c1. The van der Waals surface area contributed by atoms with Crippen LogP contribution in [0.15, 0.2) is 17.3 Å². The van der Waals surface area contributed by atoms with Crippen LogP contribution in [0.3, 0.4) is 0 Å². The van der Waals surface area contributed by atoms with Crippen molar-refractivity contribution in [1.29, 1.82) is 0 Å². The zero-order valence-corrected chi connectivity index (χ0v) is 13.2. The van der Waals surface area contributed by atoms with Crippen molar-refractivity contribution in [1.82, 2.24) is 24.3 Å². The first kappa shape index (κ1) is 15.7. The Bertz CT molecular complexity index is 731. The fourth-order valence-electron chi connectivity index (χ4n) is 2.22. The lowest BCUT2D eigenvalue weighted by Gasteiger charge is -2.06. The minimum absolute atomic E-state index is 0.192. The Kier molecular flexibility index (Phi) is 4.45. The summed E-state index contributed by atoms with van der Waals surface area (Å²) in [5.74, 6) is 0. The van der Waals surface area contributed by atoms with Crippen molar-refractivity contribution in [2.45, 2.75) is 31.8 Å². The van der Waals surface area contributed by atoms with Gasteiger partial charge in [-0.15, -0.1) is 0 Å². The number of nitrogens with two attached hydrogens (primary N) is 1. The second kappa shape index (κ2) is 5.96. The first-order valence-electron chi connectivity index (χ1n) is 6.56. The smallest absolute Gasteiger partial charge is 0.244 e. The highest BCUT2D eigenvalue weighted by atomic mass is 32.2. The van der Waals surface area contributed by atoms with Gasteiger partial charge in [0, 0.05) is 31.9 Å². The molecule has 0 radical (unpaired) electrons. The molecule has 0 bridgehead atoms. The van der Waals surface area contributed by atoms with Crippen molar-refractivity contribution in [3.8, 4) is 0 Å². The fourth-order valence-corrected chi connectivity index (χ4v) is 3.65. The van der Waals surface area contributed by atoms with Gasteiger partial charge >= 0.3 is 0 Å². The predicted molar refractivity (Wildman–Crippen MR) is 78.0 cm³/mol. The third-order valence-corrected chi connectivity index (χ3v) is 4.80. The van der Waals surface area contributed by atoms with Crippen LogP contribution >= 0.6 is 0 Å². The topological polar surface area (TPSA) is 108 Å². The Morgan fingerprint density at radius 2 is 2.10 bits per heavy atom. The van der Waals surface area contributed by atoms with Crippen molar-refractivity contribution in [2.75, 3.05) is 6.54 Å². The number of nitrogens with one attached hydrogen (secondary N) is 1. The molecule has 0 unspecified atom stereocenters. The number of aryl methyl sites for hydroxylation is 2. The van der Waals surface area contributed by atoms with E-state index in [1.165, 1.54) is 0 Å². The summed E-state index contributed by atoms with van der Waals surface area (Å²) < 4.78 is 30.7. The van der Waals surface area contributed by atoms with Crippen LogP contribution in [0.2, 0.25) is 0 Å². The molecule has 0 saturated heterocycles. The number of aromatic nitrogens is 4. The Morgan fingerprint density at radius 1 is 1.38 bits per heavy atom. The average molecular weight is 312 g/mol. The second-order valence-corrected chi connectivity index (χ2v) is 6.56.